The summed E-state index contributed by atoms with van der Waals surface area (Å²) in [4.78, 5) is 24.1. The summed E-state index contributed by atoms with van der Waals surface area (Å²) in [6.07, 6.45) is 6.56. The van der Waals surface area contributed by atoms with E-state index in [2.05, 4.69) is 26.3 Å². The quantitative estimate of drug-likeness (QED) is 0.546. The Morgan fingerprint density at radius 2 is 2.12 bits per heavy atom. The van der Waals surface area contributed by atoms with Crippen LogP contribution in [-0.4, -0.2) is 20.9 Å². The van der Waals surface area contributed by atoms with Crippen LogP contribution in [0.2, 0.25) is 0 Å². The number of fused-ring (bicyclic) bond motifs is 1. The van der Waals surface area contributed by atoms with E-state index in [1.165, 1.54) is 0 Å². The third-order valence-electron chi connectivity index (χ3n) is 4.22. The molecule has 3 heterocycles. The number of thiazole rings is 1. The zero-order chi connectivity index (χ0) is 17.8. The summed E-state index contributed by atoms with van der Waals surface area (Å²) in [6, 6.07) is 12.0. The molecule has 26 heavy (non-hydrogen) atoms. The molecule has 0 aliphatic heterocycles. The number of carbonyl (C=O) groups excluding carboxylic acids is 1. The molecule has 0 radical (unpaired) electrons. The van der Waals surface area contributed by atoms with Crippen LogP contribution in [0.1, 0.15) is 17.7 Å². The highest BCUT2D eigenvalue weighted by molar-refractivity contribution is 7.13. The van der Waals surface area contributed by atoms with Crippen molar-refractivity contribution >= 4 is 28.1 Å². The summed E-state index contributed by atoms with van der Waals surface area (Å²) >= 11 is 1.58. The van der Waals surface area contributed by atoms with Gasteiger partial charge in [-0.25, -0.2) is 4.98 Å². The highest BCUT2D eigenvalue weighted by Gasteiger charge is 2.09. The molecule has 0 atom stereocenters. The number of amides is 1. The van der Waals surface area contributed by atoms with Crippen LogP contribution in [-0.2, 0) is 17.8 Å². The lowest BCUT2D eigenvalue weighted by atomic mass is 10.1. The van der Waals surface area contributed by atoms with Crippen LogP contribution in [0.4, 0.5) is 0 Å². The highest BCUT2D eigenvalue weighted by Crippen LogP contribution is 2.23. The molecule has 4 aromatic rings. The second kappa shape index (κ2) is 7.49. The number of nitrogens with zero attached hydrogens (tertiary/aromatic N) is 2. The van der Waals surface area contributed by atoms with Crippen molar-refractivity contribution in [2.24, 2.45) is 0 Å². The standard InChI is InChI=1S/C20H18N4OS/c25-19(23-12-15-11-22-18-6-2-1-5-17(15)18)8-7-16-13-26-20(24-16)14-4-3-9-21-10-14/h1-6,9-11,13,22H,7-8,12H2,(H,23,25). The van der Waals surface area contributed by atoms with Gasteiger partial charge in [-0.15, -0.1) is 11.3 Å². The van der Waals surface area contributed by atoms with Gasteiger partial charge in [-0.2, -0.15) is 0 Å². The first-order valence-corrected chi connectivity index (χ1v) is 9.34. The van der Waals surface area contributed by atoms with Crippen LogP contribution in [0, 0.1) is 0 Å². The van der Waals surface area contributed by atoms with E-state index in [0.29, 0.717) is 19.4 Å². The maximum atomic E-state index is 12.2. The van der Waals surface area contributed by atoms with Crippen LogP contribution in [0.15, 0.2) is 60.4 Å². The Balaban J connectivity index is 1.31. The number of H-pyrrole nitrogens is 1. The Morgan fingerprint density at radius 1 is 1.19 bits per heavy atom. The fraction of sp³-hybridized carbons (Fsp3) is 0.150. The summed E-state index contributed by atoms with van der Waals surface area (Å²) in [6.45, 7) is 0.529. The minimum Gasteiger partial charge on any atom is -0.361 e. The molecule has 0 aliphatic rings. The van der Waals surface area contributed by atoms with Crippen molar-refractivity contribution in [2.45, 2.75) is 19.4 Å². The highest BCUT2D eigenvalue weighted by atomic mass is 32.1. The number of para-hydroxylation sites is 1. The predicted octanol–water partition coefficient (Wildman–Crippen LogP) is 3.94. The van der Waals surface area contributed by atoms with Crippen LogP contribution in [0.25, 0.3) is 21.5 Å². The monoisotopic (exact) mass is 362 g/mol. The number of rotatable bonds is 6. The molecule has 0 bridgehead atoms. The van der Waals surface area contributed by atoms with Gasteiger partial charge in [0.25, 0.3) is 0 Å². The third-order valence-corrected chi connectivity index (χ3v) is 5.16. The van der Waals surface area contributed by atoms with Crippen molar-refractivity contribution in [3.63, 3.8) is 0 Å². The second-order valence-electron chi connectivity index (χ2n) is 6.02. The maximum absolute atomic E-state index is 12.2. The van der Waals surface area contributed by atoms with E-state index >= 15 is 0 Å². The molecule has 5 nitrogen and oxygen atoms in total. The molecule has 0 spiro atoms. The summed E-state index contributed by atoms with van der Waals surface area (Å²) in [7, 11) is 0. The fourth-order valence-electron chi connectivity index (χ4n) is 2.85. The van der Waals surface area contributed by atoms with Gasteiger partial charge < -0.3 is 10.3 Å². The first kappa shape index (κ1) is 16.5. The summed E-state index contributed by atoms with van der Waals surface area (Å²) in [5, 5.41) is 7.09. The van der Waals surface area contributed by atoms with Crippen LogP contribution < -0.4 is 5.32 Å². The topological polar surface area (TPSA) is 70.7 Å². The van der Waals surface area contributed by atoms with Gasteiger partial charge in [-0.3, -0.25) is 9.78 Å². The van der Waals surface area contributed by atoms with Crippen molar-refractivity contribution in [1.29, 1.82) is 0 Å². The average Bonchev–Trinajstić information content (AvgIpc) is 3.33. The van der Waals surface area contributed by atoms with Gasteiger partial charge in [0.2, 0.25) is 5.91 Å². The molecule has 0 unspecified atom stereocenters. The maximum Gasteiger partial charge on any atom is 0.220 e. The van der Waals surface area contributed by atoms with Crippen molar-refractivity contribution in [3.8, 4) is 10.6 Å². The van der Waals surface area contributed by atoms with Crippen LogP contribution in [0.3, 0.4) is 0 Å². The Labute approximate surface area is 155 Å². The molecule has 0 fully saturated rings. The fourth-order valence-corrected chi connectivity index (χ4v) is 3.69. The van der Waals surface area contributed by atoms with Crippen molar-refractivity contribution in [2.75, 3.05) is 0 Å². The number of aromatic amines is 1. The molecule has 4 rings (SSSR count). The lowest BCUT2D eigenvalue weighted by Crippen LogP contribution is -2.22. The lowest BCUT2D eigenvalue weighted by Gasteiger charge is -2.04. The zero-order valence-corrected chi connectivity index (χ0v) is 14.9. The number of aryl methyl sites for hydroxylation is 1. The Morgan fingerprint density at radius 3 is 3.00 bits per heavy atom. The summed E-state index contributed by atoms with van der Waals surface area (Å²) in [5.74, 6) is 0.0335. The summed E-state index contributed by atoms with van der Waals surface area (Å²) in [5.41, 5.74) is 4.13. The summed E-state index contributed by atoms with van der Waals surface area (Å²) < 4.78 is 0. The molecule has 2 N–H and O–H groups in total. The molecule has 0 saturated carbocycles. The smallest absolute Gasteiger partial charge is 0.220 e. The van der Waals surface area contributed by atoms with E-state index < -0.39 is 0 Å². The van der Waals surface area contributed by atoms with Gasteiger partial charge in [0.15, 0.2) is 0 Å². The SMILES string of the molecule is O=C(CCc1csc(-c2cccnc2)n1)NCc1c[nH]c2ccccc12. The van der Waals surface area contributed by atoms with Crippen LogP contribution >= 0.6 is 11.3 Å². The van der Waals surface area contributed by atoms with E-state index in [1.54, 1.807) is 23.7 Å². The number of hydrogen-bond donors (Lipinski definition) is 2. The number of hydrogen-bond acceptors (Lipinski definition) is 4. The van der Waals surface area contributed by atoms with Gasteiger partial charge in [0.05, 0.1) is 5.69 Å². The molecular formula is C20H18N4OS. The van der Waals surface area contributed by atoms with E-state index in [0.717, 1.165) is 32.7 Å². The number of aromatic nitrogens is 3. The van der Waals surface area contributed by atoms with E-state index in [1.807, 2.05) is 41.9 Å². The van der Waals surface area contributed by atoms with Crippen molar-refractivity contribution in [1.82, 2.24) is 20.3 Å². The molecule has 1 amide bonds. The minimum absolute atomic E-state index is 0.0335. The van der Waals surface area contributed by atoms with Gasteiger partial charge in [0, 0.05) is 53.4 Å². The molecule has 0 saturated heterocycles. The molecule has 3 aromatic heterocycles. The normalized spacial score (nSPS) is 10.9. The zero-order valence-electron chi connectivity index (χ0n) is 14.1. The van der Waals surface area contributed by atoms with Gasteiger partial charge in [-0.1, -0.05) is 18.2 Å². The Kier molecular flexibility index (Phi) is 4.75. The molecule has 0 aliphatic carbocycles. The van der Waals surface area contributed by atoms with Gasteiger partial charge >= 0.3 is 0 Å². The average molecular weight is 362 g/mol. The van der Waals surface area contributed by atoms with Crippen LogP contribution in [0.5, 0.6) is 0 Å². The van der Waals surface area contributed by atoms with E-state index in [-0.39, 0.29) is 5.91 Å². The molecule has 6 heteroatoms. The van der Waals surface area contributed by atoms with E-state index in [4.69, 9.17) is 0 Å². The number of nitrogens with one attached hydrogen (secondary N) is 2. The van der Waals surface area contributed by atoms with Gasteiger partial charge in [0.1, 0.15) is 5.01 Å². The number of pyridine rings is 1. The Hall–Kier alpha value is -2.99. The van der Waals surface area contributed by atoms with Crippen molar-refractivity contribution in [3.05, 3.63) is 71.6 Å². The van der Waals surface area contributed by atoms with Crippen molar-refractivity contribution < 1.29 is 4.79 Å². The van der Waals surface area contributed by atoms with E-state index in [9.17, 15) is 4.79 Å². The molecule has 1 aromatic carbocycles. The largest absolute Gasteiger partial charge is 0.361 e. The molecular weight excluding hydrogens is 344 g/mol. The first-order valence-electron chi connectivity index (χ1n) is 8.46. The molecule has 130 valence electrons. The minimum atomic E-state index is 0.0335. The number of benzene rings is 1. The number of carbonyl (C=O) groups is 1. The second-order valence-corrected chi connectivity index (χ2v) is 6.88. The lowest BCUT2D eigenvalue weighted by molar-refractivity contribution is -0.121. The predicted molar refractivity (Wildman–Crippen MR) is 104 cm³/mol. The Bertz CT molecular complexity index is 1020. The third kappa shape index (κ3) is 3.65. The first-order chi connectivity index (χ1) is 12.8. The van der Waals surface area contributed by atoms with Gasteiger partial charge in [-0.05, 0) is 30.2 Å².